The molecular weight excluding hydrogens is 492 g/mol. The van der Waals surface area contributed by atoms with Crippen LogP contribution in [0.5, 0.6) is 0 Å². The number of hydrogen-bond donors (Lipinski definition) is 2. The lowest BCUT2D eigenvalue weighted by Crippen LogP contribution is -2.68. The van der Waals surface area contributed by atoms with Crippen molar-refractivity contribution in [2.75, 3.05) is 18.9 Å². The van der Waals surface area contributed by atoms with E-state index < -0.39 is 14.4 Å². The molecular formula is C31H40N2O4Si. The summed E-state index contributed by atoms with van der Waals surface area (Å²) in [6.07, 6.45) is -0.156. The summed E-state index contributed by atoms with van der Waals surface area (Å²) in [5.41, 5.74) is 7.95. The van der Waals surface area contributed by atoms with Gasteiger partial charge >= 0.3 is 6.09 Å². The molecule has 0 saturated carbocycles. The van der Waals surface area contributed by atoms with Gasteiger partial charge in [0.2, 0.25) is 0 Å². The molecule has 3 atom stereocenters. The van der Waals surface area contributed by atoms with Gasteiger partial charge in [0.25, 0.3) is 8.32 Å². The van der Waals surface area contributed by atoms with E-state index >= 15 is 0 Å². The first-order chi connectivity index (χ1) is 18.1. The highest BCUT2D eigenvalue weighted by atomic mass is 28.4. The van der Waals surface area contributed by atoms with Gasteiger partial charge in [-0.25, -0.2) is 4.79 Å². The number of carbonyl (C=O) groups is 1. The maximum absolute atomic E-state index is 12.2. The van der Waals surface area contributed by atoms with E-state index in [1.165, 1.54) is 15.3 Å². The zero-order valence-corrected chi connectivity index (χ0v) is 23.8. The fourth-order valence-corrected chi connectivity index (χ4v) is 10.2. The van der Waals surface area contributed by atoms with Crippen molar-refractivity contribution in [3.63, 3.8) is 0 Å². The number of hydrogen-bond acceptors (Lipinski definition) is 4. The van der Waals surface area contributed by atoms with Crippen molar-refractivity contribution >= 4 is 30.5 Å². The van der Waals surface area contributed by atoms with Gasteiger partial charge in [0, 0.05) is 5.69 Å². The van der Waals surface area contributed by atoms with Crippen LogP contribution in [0, 0.1) is 0 Å². The fraction of sp³-hybridized carbons (Fsp3) is 0.387. The molecule has 3 aromatic carbocycles. The highest BCUT2D eigenvalue weighted by Gasteiger charge is 2.51. The van der Waals surface area contributed by atoms with Gasteiger partial charge in [-0.15, -0.1) is 0 Å². The Balaban J connectivity index is 1.62. The number of benzene rings is 3. The smallest absolute Gasteiger partial charge is 0.407 e. The largest absolute Gasteiger partial charge is 0.465 e. The van der Waals surface area contributed by atoms with Crippen LogP contribution in [0.15, 0.2) is 84.9 Å². The van der Waals surface area contributed by atoms with Crippen LogP contribution >= 0.6 is 0 Å². The molecule has 4 rings (SSSR count). The van der Waals surface area contributed by atoms with E-state index in [9.17, 15) is 9.90 Å². The van der Waals surface area contributed by atoms with Crippen molar-refractivity contribution in [2.24, 2.45) is 0 Å². The van der Waals surface area contributed by atoms with Crippen molar-refractivity contribution in [1.29, 1.82) is 0 Å². The fourth-order valence-electron chi connectivity index (χ4n) is 5.63. The molecule has 1 saturated heterocycles. The minimum absolute atomic E-state index is 0.176. The Kier molecular flexibility index (Phi) is 8.60. The Bertz CT molecular complexity index is 1160. The van der Waals surface area contributed by atoms with Gasteiger partial charge in [-0.05, 0) is 46.8 Å². The Labute approximate surface area is 227 Å². The molecule has 1 aliphatic heterocycles. The quantitative estimate of drug-likeness (QED) is 0.318. The van der Waals surface area contributed by atoms with Gasteiger partial charge in [0.1, 0.15) is 6.10 Å². The summed E-state index contributed by atoms with van der Waals surface area (Å²) in [4.78, 5) is 13.7. The van der Waals surface area contributed by atoms with Gasteiger partial charge in [0.15, 0.2) is 0 Å². The van der Waals surface area contributed by atoms with Gasteiger partial charge in [0.05, 0.1) is 25.3 Å². The Morgan fingerprint density at radius 1 is 1.00 bits per heavy atom. The van der Waals surface area contributed by atoms with E-state index in [4.69, 9.17) is 14.9 Å². The molecule has 7 heteroatoms. The first-order valence-corrected chi connectivity index (χ1v) is 15.3. The predicted molar refractivity (Wildman–Crippen MR) is 156 cm³/mol. The number of nitrogens with zero attached hydrogens (tertiary/aromatic N) is 1. The molecule has 0 unspecified atom stereocenters. The van der Waals surface area contributed by atoms with Crippen molar-refractivity contribution in [1.82, 2.24) is 4.90 Å². The zero-order valence-electron chi connectivity index (χ0n) is 22.8. The van der Waals surface area contributed by atoms with Crippen molar-refractivity contribution in [3.05, 3.63) is 90.5 Å². The summed E-state index contributed by atoms with van der Waals surface area (Å²) in [6, 6.07) is 28.4. The number of para-hydroxylation sites is 1. The normalized spacial score (nSPS) is 20.3. The number of nitrogen functional groups attached to an aromatic ring is 1. The zero-order chi connectivity index (χ0) is 27.3. The van der Waals surface area contributed by atoms with Crippen LogP contribution in [0.4, 0.5) is 10.5 Å². The van der Waals surface area contributed by atoms with E-state index in [1.54, 1.807) is 0 Å². The average molecular weight is 533 g/mol. The van der Waals surface area contributed by atoms with Crippen molar-refractivity contribution in [3.8, 4) is 0 Å². The standard InChI is InChI=1S/C31H40N2O4Si/c1-23-29(37-25(21-33(23)30(34)35)20-19-24-13-11-12-18-28(24)32)22-36-38(31(2,3)4,26-14-7-5-8-15-26)27-16-9-6-10-17-27/h5-18,23,25,29H,19-22,32H2,1-4H3,(H,34,35)/t23-,25-,29-/m1/s1. The van der Waals surface area contributed by atoms with Gasteiger partial charge < -0.3 is 24.9 Å². The van der Waals surface area contributed by atoms with Crippen LogP contribution in [-0.4, -0.2) is 55.8 Å². The first kappa shape index (κ1) is 27.9. The second kappa shape index (κ2) is 11.7. The minimum Gasteiger partial charge on any atom is -0.465 e. The number of rotatable bonds is 8. The highest BCUT2D eigenvalue weighted by Crippen LogP contribution is 2.37. The molecule has 0 aliphatic carbocycles. The highest BCUT2D eigenvalue weighted by molar-refractivity contribution is 6.99. The molecule has 3 N–H and O–H groups in total. The van der Waals surface area contributed by atoms with E-state index in [0.29, 0.717) is 19.6 Å². The summed E-state index contributed by atoms with van der Waals surface area (Å²) in [6.45, 7) is 9.27. The lowest BCUT2D eigenvalue weighted by atomic mass is 10.0. The summed E-state index contributed by atoms with van der Waals surface area (Å²) < 4.78 is 13.7. The molecule has 3 aromatic rings. The molecule has 202 valence electrons. The summed E-state index contributed by atoms with van der Waals surface area (Å²) in [7, 11) is -2.78. The van der Waals surface area contributed by atoms with Crippen molar-refractivity contribution in [2.45, 2.75) is 63.8 Å². The van der Waals surface area contributed by atoms with Crippen LogP contribution in [0.1, 0.15) is 39.7 Å². The number of morpholine rings is 1. The van der Waals surface area contributed by atoms with Crippen LogP contribution < -0.4 is 16.1 Å². The summed E-state index contributed by atoms with van der Waals surface area (Å²) >= 11 is 0. The third kappa shape index (κ3) is 5.80. The van der Waals surface area contributed by atoms with Crippen molar-refractivity contribution < 1.29 is 19.1 Å². The average Bonchev–Trinajstić information content (AvgIpc) is 2.90. The first-order valence-electron chi connectivity index (χ1n) is 13.4. The molecule has 0 aromatic heterocycles. The van der Waals surface area contributed by atoms with Gasteiger partial charge in [-0.1, -0.05) is 99.6 Å². The molecule has 1 heterocycles. The van der Waals surface area contributed by atoms with Crippen LogP contribution in [0.3, 0.4) is 0 Å². The number of carboxylic acid groups (broad SMARTS) is 1. The molecule has 1 amide bonds. The molecule has 1 fully saturated rings. The minimum atomic E-state index is -2.78. The molecule has 0 bridgehead atoms. The van der Waals surface area contributed by atoms with Crippen LogP contribution in [0.2, 0.25) is 5.04 Å². The predicted octanol–water partition coefficient (Wildman–Crippen LogP) is 4.91. The second-order valence-corrected chi connectivity index (χ2v) is 15.5. The Morgan fingerprint density at radius 3 is 2.08 bits per heavy atom. The molecule has 6 nitrogen and oxygen atoms in total. The summed E-state index contributed by atoms with van der Waals surface area (Å²) in [5, 5.41) is 12.2. The van der Waals surface area contributed by atoms with Gasteiger partial charge in [-0.2, -0.15) is 0 Å². The maximum Gasteiger partial charge on any atom is 0.407 e. The number of amides is 1. The number of anilines is 1. The Morgan fingerprint density at radius 2 is 1.55 bits per heavy atom. The second-order valence-electron chi connectivity index (χ2n) is 11.2. The van der Waals surface area contributed by atoms with E-state index in [-0.39, 0.29) is 23.3 Å². The number of ether oxygens (including phenoxy) is 1. The maximum atomic E-state index is 12.2. The van der Waals surface area contributed by atoms with Crippen LogP contribution in [0.25, 0.3) is 0 Å². The van der Waals surface area contributed by atoms with E-state index in [2.05, 4.69) is 69.3 Å². The number of aryl methyl sites for hydroxylation is 1. The molecule has 1 aliphatic rings. The number of nitrogens with two attached hydrogens (primary N) is 1. The SMILES string of the molecule is C[C@@H]1[C@@H](CO[Si](c2ccccc2)(c2ccccc2)C(C)(C)C)O[C@H](CCc2ccccc2N)CN1C(=O)O. The topological polar surface area (TPSA) is 85.0 Å². The Hall–Kier alpha value is -3.13. The van der Waals surface area contributed by atoms with Crippen LogP contribution in [-0.2, 0) is 15.6 Å². The summed E-state index contributed by atoms with van der Waals surface area (Å²) in [5.74, 6) is 0. The van der Waals surface area contributed by atoms with E-state index in [1.807, 2.05) is 43.3 Å². The lowest BCUT2D eigenvalue weighted by Gasteiger charge is -2.46. The third-order valence-corrected chi connectivity index (χ3v) is 12.7. The third-order valence-electron chi connectivity index (χ3n) is 7.71. The monoisotopic (exact) mass is 532 g/mol. The molecule has 0 radical (unpaired) electrons. The lowest BCUT2D eigenvalue weighted by molar-refractivity contribution is -0.121. The molecule has 38 heavy (non-hydrogen) atoms. The molecule has 0 spiro atoms. The van der Waals surface area contributed by atoms with E-state index in [0.717, 1.165) is 17.7 Å². The van der Waals surface area contributed by atoms with Gasteiger partial charge in [-0.3, -0.25) is 0 Å².